The van der Waals surface area contributed by atoms with Crippen LogP contribution in [0.25, 0.3) is 6.08 Å². The van der Waals surface area contributed by atoms with Gasteiger partial charge in [0.25, 0.3) is 5.91 Å². The average molecular weight is 375 g/mol. The molecule has 1 aliphatic heterocycles. The summed E-state index contributed by atoms with van der Waals surface area (Å²) in [5.74, 6) is 0.372. The molecule has 1 aliphatic rings. The van der Waals surface area contributed by atoms with Crippen molar-refractivity contribution in [1.29, 1.82) is 0 Å². The molecule has 1 saturated heterocycles. The predicted octanol–water partition coefficient (Wildman–Crippen LogP) is 4.50. The summed E-state index contributed by atoms with van der Waals surface area (Å²) in [6, 6.07) is 12.8. The molecule has 2 aromatic rings. The van der Waals surface area contributed by atoms with Gasteiger partial charge >= 0.3 is 0 Å². The number of amides is 1. The number of anilines is 2. The van der Waals surface area contributed by atoms with Crippen LogP contribution in [0, 0.1) is 0 Å². The third kappa shape index (κ3) is 4.18. The molecule has 1 fully saturated rings. The maximum absolute atomic E-state index is 12.6. The van der Waals surface area contributed by atoms with Crippen LogP contribution in [-0.4, -0.2) is 22.8 Å². The first-order chi connectivity index (χ1) is 12.1. The number of halogens is 1. The lowest BCUT2D eigenvalue weighted by Gasteiger charge is -2.19. The molecule has 1 N–H and O–H groups in total. The third-order valence-electron chi connectivity index (χ3n) is 3.91. The first kappa shape index (κ1) is 17.9. The van der Waals surface area contributed by atoms with Gasteiger partial charge in [-0.1, -0.05) is 35.9 Å². The van der Waals surface area contributed by atoms with E-state index in [1.807, 2.05) is 43.3 Å². The van der Waals surface area contributed by atoms with Gasteiger partial charge < -0.3 is 9.87 Å². The Kier molecular flexibility index (Phi) is 5.68. The first-order valence-electron chi connectivity index (χ1n) is 8.08. The van der Waals surface area contributed by atoms with Crippen molar-refractivity contribution in [3.05, 3.63) is 64.7 Å². The fourth-order valence-corrected chi connectivity index (χ4v) is 4.22. The molecular weight excluding hydrogens is 356 g/mol. The molecule has 1 heterocycles. The normalized spacial score (nSPS) is 17.2. The fraction of sp³-hybridized carbons (Fsp3) is 0.211. The molecule has 2 aromatic carbocycles. The van der Waals surface area contributed by atoms with Gasteiger partial charge in [-0.25, -0.2) is 0 Å². The number of benzene rings is 2. The van der Waals surface area contributed by atoms with Crippen molar-refractivity contribution in [2.75, 3.05) is 21.9 Å². The Hall–Kier alpha value is -1.95. The van der Waals surface area contributed by atoms with E-state index in [1.165, 1.54) is 0 Å². The lowest BCUT2D eigenvalue weighted by molar-refractivity contribution is 0.102. The average Bonchev–Trinajstić information content (AvgIpc) is 3.02. The Morgan fingerprint density at radius 3 is 2.88 bits per heavy atom. The lowest BCUT2D eigenvalue weighted by Crippen LogP contribution is -2.25. The number of rotatable bonds is 4. The van der Waals surface area contributed by atoms with Crippen molar-refractivity contribution in [2.45, 2.75) is 13.3 Å². The molecule has 1 atom stereocenters. The summed E-state index contributed by atoms with van der Waals surface area (Å²) in [5.41, 5.74) is 2.84. The van der Waals surface area contributed by atoms with Crippen LogP contribution in [0.15, 0.2) is 48.5 Å². The SMILES string of the molecule is C/C=C/c1cccc(NC(=O)c2cc(N3CCC[S+]3[O-])ccc2Cl)c1. The Morgan fingerprint density at radius 2 is 2.16 bits per heavy atom. The zero-order valence-corrected chi connectivity index (χ0v) is 15.4. The smallest absolute Gasteiger partial charge is 0.257 e. The van der Waals surface area contributed by atoms with Crippen molar-refractivity contribution >= 4 is 46.3 Å². The minimum absolute atomic E-state index is 0.283. The molecule has 1 amide bonds. The van der Waals surface area contributed by atoms with Crippen LogP contribution in [0.1, 0.15) is 29.3 Å². The zero-order chi connectivity index (χ0) is 17.8. The number of nitrogens with zero attached hydrogens (tertiary/aromatic N) is 1. The van der Waals surface area contributed by atoms with Crippen LogP contribution >= 0.6 is 11.6 Å². The highest BCUT2D eigenvalue weighted by molar-refractivity contribution is 7.93. The highest BCUT2D eigenvalue weighted by Crippen LogP contribution is 2.29. The van der Waals surface area contributed by atoms with Gasteiger partial charge in [-0.15, -0.1) is 0 Å². The van der Waals surface area contributed by atoms with Crippen molar-refractivity contribution < 1.29 is 9.35 Å². The number of allylic oxidation sites excluding steroid dienone is 1. The maximum atomic E-state index is 12.6. The summed E-state index contributed by atoms with van der Waals surface area (Å²) in [6.45, 7) is 2.67. The number of hydrogen-bond acceptors (Lipinski definition) is 3. The van der Waals surface area contributed by atoms with Crippen molar-refractivity contribution in [1.82, 2.24) is 0 Å². The molecular formula is C19H19ClN2O2S. The van der Waals surface area contributed by atoms with E-state index in [4.69, 9.17) is 11.6 Å². The summed E-state index contributed by atoms with van der Waals surface area (Å²) in [4.78, 5) is 12.6. The minimum atomic E-state index is -1.03. The highest BCUT2D eigenvalue weighted by atomic mass is 35.5. The van der Waals surface area contributed by atoms with Crippen LogP contribution in [-0.2, 0) is 11.4 Å². The molecule has 4 nitrogen and oxygen atoms in total. The van der Waals surface area contributed by atoms with Gasteiger partial charge in [-0.3, -0.25) is 4.79 Å². The summed E-state index contributed by atoms with van der Waals surface area (Å²) >= 11 is 5.18. The molecule has 0 aliphatic carbocycles. The molecule has 25 heavy (non-hydrogen) atoms. The van der Waals surface area contributed by atoms with Crippen LogP contribution in [0.2, 0.25) is 5.02 Å². The largest absolute Gasteiger partial charge is 0.593 e. The predicted molar refractivity (Wildman–Crippen MR) is 106 cm³/mol. The lowest BCUT2D eigenvalue weighted by atomic mass is 10.1. The Labute approximate surface area is 155 Å². The molecule has 1 unspecified atom stereocenters. The Bertz CT molecular complexity index is 810. The molecule has 0 saturated carbocycles. The number of nitrogens with one attached hydrogen (secondary N) is 1. The topological polar surface area (TPSA) is 55.4 Å². The van der Waals surface area contributed by atoms with E-state index < -0.39 is 11.4 Å². The Morgan fingerprint density at radius 1 is 1.32 bits per heavy atom. The zero-order valence-electron chi connectivity index (χ0n) is 13.9. The van der Waals surface area contributed by atoms with Crippen LogP contribution < -0.4 is 9.62 Å². The maximum Gasteiger partial charge on any atom is 0.257 e. The van der Waals surface area contributed by atoms with Crippen LogP contribution in [0.4, 0.5) is 11.4 Å². The number of carbonyl (C=O) groups excluding carboxylic acids is 1. The summed E-state index contributed by atoms with van der Waals surface area (Å²) in [7, 11) is 0. The van der Waals surface area contributed by atoms with E-state index >= 15 is 0 Å². The summed E-state index contributed by atoms with van der Waals surface area (Å²) in [5, 5.41) is 3.25. The van der Waals surface area contributed by atoms with Crippen molar-refractivity contribution in [3.8, 4) is 0 Å². The monoisotopic (exact) mass is 374 g/mol. The van der Waals surface area contributed by atoms with Gasteiger partial charge in [0.2, 0.25) is 0 Å². The van der Waals surface area contributed by atoms with Crippen molar-refractivity contribution in [3.63, 3.8) is 0 Å². The van der Waals surface area contributed by atoms with Gasteiger partial charge in [-0.2, -0.15) is 4.31 Å². The fourth-order valence-electron chi connectivity index (χ4n) is 2.74. The molecule has 0 bridgehead atoms. The second kappa shape index (κ2) is 7.95. The highest BCUT2D eigenvalue weighted by Gasteiger charge is 2.27. The van der Waals surface area contributed by atoms with E-state index in [-0.39, 0.29) is 5.91 Å². The quantitative estimate of drug-likeness (QED) is 0.801. The molecule has 0 radical (unpaired) electrons. The summed E-state index contributed by atoms with van der Waals surface area (Å²) < 4.78 is 13.8. The first-order valence-corrected chi connectivity index (χ1v) is 9.73. The van der Waals surface area contributed by atoms with Gasteiger partial charge in [0.05, 0.1) is 34.2 Å². The van der Waals surface area contributed by atoms with Crippen molar-refractivity contribution in [2.24, 2.45) is 0 Å². The van der Waals surface area contributed by atoms with Crippen LogP contribution in [0.5, 0.6) is 0 Å². The van der Waals surface area contributed by atoms with Crippen LogP contribution in [0.3, 0.4) is 0 Å². The molecule has 0 spiro atoms. The molecule has 6 heteroatoms. The van der Waals surface area contributed by atoms with E-state index in [0.29, 0.717) is 22.0 Å². The molecule has 0 aromatic heterocycles. The second-order valence-electron chi connectivity index (χ2n) is 5.73. The van der Waals surface area contributed by atoms with Gasteiger partial charge in [0, 0.05) is 12.1 Å². The molecule has 3 rings (SSSR count). The minimum Gasteiger partial charge on any atom is -0.593 e. The Balaban J connectivity index is 1.83. The van der Waals surface area contributed by atoms with E-state index in [0.717, 1.165) is 24.2 Å². The second-order valence-corrected chi connectivity index (χ2v) is 7.62. The molecule has 130 valence electrons. The van der Waals surface area contributed by atoms with E-state index in [1.54, 1.807) is 22.5 Å². The van der Waals surface area contributed by atoms with Gasteiger partial charge in [0.15, 0.2) is 0 Å². The summed E-state index contributed by atoms with van der Waals surface area (Å²) in [6.07, 6.45) is 4.79. The van der Waals surface area contributed by atoms with E-state index in [2.05, 4.69) is 5.32 Å². The van der Waals surface area contributed by atoms with E-state index in [9.17, 15) is 9.35 Å². The van der Waals surface area contributed by atoms with Gasteiger partial charge in [-0.05, 0) is 42.8 Å². The number of hydrogen-bond donors (Lipinski definition) is 1. The standard InChI is InChI=1S/C19H19ClN2O2S/c1-2-5-14-6-3-7-15(12-14)21-19(23)17-13-16(8-9-18(17)20)22-10-4-11-25(22)24/h2-3,5-9,12-13H,4,10-11H2,1H3,(H,21,23)/b5-2+. The third-order valence-corrected chi connectivity index (χ3v) is 5.76. The number of carbonyl (C=O) groups is 1. The van der Waals surface area contributed by atoms with Gasteiger partial charge in [0.1, 0.15) is 5.75 Å².